The molecule has 6 nitrogen and oxygen atoms in total. The maximum Gasteiger partial charge on any atom is 0.191 e. The third kappa shape index (κ3) is 4.88. The Kier molecular flexibility index (Phi) is 6.49. The molecule has 0 aliphatic carbocycles. The van der Waals surface area contributed by atoms with Crippen LogP contribution in [0, 0.1) is 0 Å². The largest absolute Gasteiger partial charge is 0.468 e. The highest BCUT2D eigenvalue weighted by atomic mass is 32.1. The number of hydrogen-bond acceptors (Lipinski definition) is 5. The molecule has 3 rings (SSSR count). The van der Waals surface area contributed by atoms with Crippen molar-refractivity contribution in [2.45, 2.75) is 12.1 Å². The quantitative estimate of drug-likeness (QED) is 0.430. The fourth-order valence-electron chi connectivity index (χ4n) is 2.89. The predicted molar refractivity (Wildman–Crippen MR) is 111 cm³/mol. The standard InChI is InChI=1S/C20H26N4O2S/c1-21-20(22-12-15(24(2)3)17-8-6-10-26-17)23-13-16(25)19-11-14-7-4-5-9-18(14)27-19/h4-11,15-16,25H,12-13H2,1-3H3,(H2,21,22,23). The molecule has 2 atom stereocenters. The van der Waals surface area contributed by atoms with Crippen molar-refractivity contribution < 1.29 is 9.52 Å². The first-order valence-corrected chi connectivity index (χ1v) is 9.71. The summed E-state index contributed by atoms with van der Waals surface area (Å²) in [7, 11) is 5.74. The zero-order valence-electron chi connectivity index (χ0n) is 15.8. The first-order chi connectivity index (χ1) is 13.1. The number of aliphatic hydroxyl groups is 1. The average Bonchev–Trinajstić information content (AvgIpc) is 3.33. The normalized spacial score (nSPS) is 14.5. The Morgan fingerprint density at radius 1 is 1.19 bits per heavy atom. The number of benzene rings is 1. The Hall–Kier alpha value is -2.35. The molecule has 144 valence electrons. The smallest absolute Gasteiger partial charge is 0.191 e. The molecule has 0 amide bonds. The monoisotopic (exact) mass is 386 g/mol. The number of rotatable bonds is 7. The second-order valence-corrected chi connectivity index (χ2v) is 7.65. The van der Waals surface area contributed by atoms with E-state index in [0.29, 0.717) is 19.0 Å². The lowest BCUT2D eigenvalue weighted by atomic mass is 10.2. The van der Waals surface area contributed by atoms with Crippen LogP contribution in [0.3, 0.4) is 0 Å². The first kappa shape index (κ1) is 19.4. The molecule has 3 aromatic rings. The molecule has 2 aromatic heterocycles. The number of fused-ring (bicyclic) bond motifs is 1. The summed E-state index contributed by atoms with van der Waals surface area (Å²) in [6, 6.07) is 14.1. The Morgan fingerprint density at radius 2 is 1.96 bits per heavy atom. The van der Waals surface area contributed by atoms with Crippen molar-refractivity contribution in [3.05, 3.63) is 59.4 Å². The SMILES string of the molecule is CN=C(NCC(O)c1cc2ccccc2s1)NCC(c1ccco1)N(C)C. The molecule has 0 spiro atoms. The van der Waals surface area contributed by atoms with Crippen LogP contribution in [0.4, 0.5) is 0 Å². The summed E-state index contributed by atoms with van der Waals surface area (Å²) >= 11 is 1.62. The van der Waals surface area contributed by atoms with Crippen LogP contribution in [0.25, 0.3) is 10.1 Å². The molecule has 1 aromatic carbocycles. The molecule has 2 unspecified atom stereocenters. The van der Waals surface area contributed by atoms with Crippen LogP contribution in [0.5, 0.6) is 0 Å². The topological polar surface area (TPSA) is 73.0 Å². The highest BCUT2D eigenvalue weighted by Crippen LogP contribution is 2.29. The van der Waals surface area contributed by atoms with Crippen LogP contribution in [-0.4, -0.2) is 50.2 Å². The van der Waals surface area contributed by atoms with Gasteiger partial charge < -0.3 is 20.2 Å². The van der Waals surface area contributed by atoms with Crippen molar-refractivity contribution in [2.75, 3.05) is 34.2 Å². The van der Waals surface area contributed by atoms with Crippen molar-refractivity contribution in [1.29, 1.82) is 0 Å². The minimum Gasteiger partial charge on any atom is -0.468 e. The molecule has 0 radical (unpaired) electrons. The van der Waals surface area contributed by atoms with Crippen LogP contribution >= 0.6 is 11.3 Å². The van der Waals surface area contributed by atoms with Gasteiger partial charge >= 0.3 is 0 Å². The van der Waals surface area contributed by atoms with Gasteiger partial charge in [0.2, 0.25) is 0 Å². The predicted octanol–water partition coefficient (Wildman–Crippen LogP) is 3.00. The van der Waals surface area contributed by atoms with Gasteiger partial charge in [-0.15, -0.1) is 11.3 Å². The number of nitrogens with zero attached hydrogens (tertiary/aromatic N) is 2. The van der Waals surface area contributed by atoms with Gasteiger partial charge in [0, 0.05) is 29.7 Å². The highest BCUT2D eigenvalue weighted by Gasteiger charge is 2.18. The van der Waals surface area contributed by atoms with E-state index in [9.17, 15) is 5.11 Å². The number of likely N-dealkylation sites (N-methyl/N-ethyl adjacent to an activating group) is 1. The third-order valence-corrected chi connectivity index (χ3v) is 5.63. The molecule has 7 heteroatoms. The molecule has 0 saturated heterocycles. The first-order valence-electron chi connectivity index (χ1n) is 8.89. The summed E-state index contributed by atoms with van der Waals surface area (Å²) in [6.45, 7) is 1.03. The molecule has 2 heterocycles. The molecule has 3 N–H and O–H groups in total. The summed E-state index contributed by atoms with van der Waals surface area (Å²) < 4.78 is 6.71. The summed E-state index contributed by atoms with van der Waals surface area (Å²) in [5.41, 5.74) is 0. The lowest BCUT2D eigenvalue weighted by Gasteiger charge is -2.24. The maximum absolute atomic E-state index is 10.5. The molecule has 27 heavy (non-hydrogen) atoms. The Morgan fingerprint density at radius 3 is 2.63 bits per heavy atom. The number of aliphatic imine (C=N–C) groups is 1. The van der Waals surface area contributed by atoms with Gasteiger partial charge in [-0.3, -0.25) is 9.89 Å². The molecule has 0 bridgehead atoms. The van der Waals surface area contributed by atoms with E-state index in [0.717, 1.165) is 16.0 Å². The van der Waals surface area contributed by atoms with E-state index in [2.05, 4.69) is 32.7 Å². The van der Waals surface area contributed by atoms with E-state index in [-0.39, 0.29) is 6.04 Å². The number of nitrogens with one attached hydrogen (secondary N) is 2. The molecule has 0 fully saturated rings. The zero-order chi connectivity index (χ0) is 19.2. The van der Waals surface area contributed by atoms with E-state index in [1.807, 2.05) is 44.4 Å². The second-order valence-electron chi connectivity index (χ2n) is 6.53. The van der Waals surface area contributed by atoms with Gasteiger partial charge in [-0.05, 0) is 43.7 Å². The molecule has 0 aliphatic rings. The molecular weight excluding hydrogens is 360 g/mol. The number of furan rings is 1. The zero-order valence-corrected chi connectivity index (χ0v) is 16.7. The van der Waals surface area contributed by atoms with Crippen molar-refractivity contribution in [3.63, 3.8) is 0 Å². The molecule has 0 aliphatic heterocycles. The number of hydrogen-bond donors (Lipinski definition) is 3. The van der Waals surface area contributed by atoms with E-state index in [4.69, 9.17) is 4.42 Å². The Bertz CT molecular complexity index is 840. The maximum atomic E-state index is 10.5. The van der Waals surface area contributed by atoms with Gasteiger partial charge in [-0.2, -0.15) is 0 Å². The van der Waals surface area contributed by atoms with Crippen LogP contribution in [0.15, 0.2) is 58.1 Å². The van der Waals surface area contributed by atoms with Gasteiger partial charge in [-0.25, -0.2) is 0 Å². The van der Waals surface area contributed by atoms with Crippen LogP contribution in [0.1, 0.15) is 22.8 Å². The van der Waals surface area contributed by atoms with Crippen LogP contribution in [-0.2, 0) is 0 Å². The third-order valence-electron chi connectivity index (χ3n) is 4.42. The van der Waals surface area contributed by atoms with Gasteiger partial charge in [-0.1, -0.05) is 18.2 Å². The summed E-state index contributed by atoms with van der Waals surface area (Å²) in [5, 5.41) is 18.2. The lowest BCUT2D eigenvalue weighted by Crippen LogP contribution is -2.42. The van der Waals surface area contributed by atoms with E-state index < -0.39 is 6.10 Å². The highest BCUT2D eigenvalue weighted by molar-refractivity contribution is 7.19. The van der Waals surface area contributed by atoms with Gasteiger partial charge in [0.05, 0.1) is 12.3 Å². The van der Waals surface area contributed by atoms with Crippen molar-refractivity contribution in [1.82, 2.24) is 15.5 Å². The average molecular weight is 387 g/mol. The lowest BCUT2D eigenvalue weighted by molar-refractivity contribution is 0.184. The van der Waals surface area contributed by atoms with Gasteiger partial charge in [0.25, 0.3) is 0 Å². The molecular formula is C20H26N4O2S. The van der Waals surface area contributed by atoms with Crippen molar-refractivity contribution >= 4 is 27.4 Å². The summed E-state index contributed by atoms with van der Waals surface area (Å²) in [5.74, 6) is 1.54. The van der Waals surface area contributed by atoms with E-state index in [1.54, 1.807) is 24.6 Å². The van der Waals surface area contributed by atoms with E-state index >= 15 is 0 Å². The minimum atomic E-state index is -0.587. The van der Waals surface area contributed by atoms with Crippen LogP contribution in [0.2, 0.25) is 0 Å². The summed E-state index contributed by atoms with van der Waals surface area (Å²) in [4.78, 5) is 7.28. The minimum absolute atomic E-state index is 0.0890. The number of guanidine groups is 1. The van der Waals surface area contributed by atoms with Crippen LogP contribution < -0.4 is 10.6 Å². The fourth-order valence-corrected chi connectivity index (χ4v) is 3.94. The number of thiophene rings is 1. The summed E-state index contributed by atoms with van der Waals surface area (Å²) in [6.07, 6.45) is 1.09. The Labute approximate surface area is 163 Å². The number of aliphatic hydroxyl groups excluding tert-OH is 1. The second kappa shape index (κ2) is 9.03. The van der Waals surface area contributed by atoms with E-state index in [1.165, 1.54) is 4.70 Å². The fraction of sp³-hybridized carbons (Fsp3) is 0.350. The van der Waals surface area contributed by atoms with Gasteiger partial charge in [0.1, 0.15) is 11.9 Å². The Balaban J connectivity index is 1.55. The van der Waals surface area contributed by atoms with Gasteiger partial charge in [0.15, 0.2) is 5.96 Å². The molecule has 0 saturated carbocycles. The van der Waals surface area contributed by atoms with Crippen molar-refractivity contribution in [3.8, 4) is 0 Å². The van der Waals surface area contributed by atoms with Crippen molar-refractivity contribution in [2.24, 2.45) is 4.99 Å².